The Bertz CT molecular complexity index is 420. The van der Waals surface area contributed by atoms with E-state index in [1.54, 1.807) is 0 Å². The number of aromatic nitrogens is 2. The fraction of sp³-hybridized carbons (Fsp3) is 0.692. The third-order valence-corrected chi connectivity index (χ3v) is 3.64. The number of rotatable bonds is 3. The van der Waals surface area contributed by atoms with Crippen LogP contribution in [0.15, 0.2) is 12.3 Å². The minimum atomic E-state index is -4.42. The van der Waals surface area contributed by atoms with Crippen molar-refractivity contribution in [2.75, 3.05) is 5.32 Å². The Morgan fingerprint density at radius 1 is 1.37 bits per heavy atom. The van der Waals surface area contributed by atoms with E-state index in [1.807, 2.05) is 0 Å². The quantitative estimate of drug-likeness (QED) is 0.908. The zero-order valence-electron chi connectivity index (χ0n) is 10.9. The van der Waals surface area contributed by atoms with E-state index < -0.39 is 11.9 Å². The molecule has 6 heteroatoms. The topological polar surface area (TPSA) is 37.8 Å². The number of halogens is 3. The van der Waals surface area contributed by atoms with Gasteiger partial charge in [0.05, 0.1) is 0 Å². The van der Waals surface area contributed by atoms with Gasteiger partial charge >= 0.3 is 6.18 Å². The molecule has 0 spiro atoms. The van der Waals surface area contributed by atoms with Gasteiger partial charge in [0.15, 0.2) is 0 Å². The van der Waals surface area contributed by atoms with Crippen LogP contribution in [0.1, 0.15) is 44.7 Å². The second-order valence-corrected chi connectivity index (χ2v) is 5.05. The first-order valence-electron chi connectivity index (χ1n) is 6.65. The van der Waals surface area contributed by atoms with Crippen molar-refractivity contribution in [3.63, 3.8) is 0 Å². The summed E-state index contributed by atoms with van der Waals surface area (Å²) in [5.41, 5.74) is -0.896. The summed E-state index contributed by atoms with van der Waals surface area (Å²) in [5.74, 6) is 0.730. The summed E-state index contributed by atoms with van der Waals surface area (Å²) < 4.78 is 37.6. The number of nitrogens with one attached hydrogen (secondary N) is 1. The lowest BCUT2D eigenvalue weighted by molar-refractivity contribution is -0.141. The maximum Gasteiger partial charge on any atom is 0.433 e. The summed E-state index contributed by atoms with van der Waals surface area (Å²) in [6.07, 6.45) is 2.11. The van der Waals surface area contributed by atoms with Crippen molar-refractivity contribution >= 4 is 5.95 Å². The fourth-order valence-electron chi connectivity index (χ4n) is 2.56. The van der Waals surface area contributed by atoms with Crippen molar-refractivity contribution in [1.82, 2.24) is 9.97 Å². The second kappa shape index (κ2) is 5.75. The van der Waals surface area contributed by atoms with E-state index in [2.05, 4.69) is 22.2 Å². The van der Waals surface area contributed by atoms with Gasteiger partial charge in [-0.3, -0.25) is 0 Å². The van der Waals surface area contributed by atoms with Gasteiger partial charge in [0.25, 0.3) is 0 Å². The summed E-state index contributed by atoms with van der Waals surface area (Å²) in [4.78, 5) is 7.42. The molecular formula is C13H18F3N3. The van der Waals surface area contributed by atoms with Gasteiger partial charge in [-0.2, -0.15) is 13.2 Å². The molecule has 3 nitrogen and oxygen atoms in total. The van der Waals surface area contributed by atoms with Crippen molar-refractivity contribution in [2.24, 2.45) is 5.92 Å². The smallest absolute Gasteiger partial charge is 0.351 e. The normalized spacial score (nSPS) is 24.2. The molecule has 1 aliphatic rings. The maximum absolute atomic E-state index is 12.5. The first-order chi connectivity index (χ1) is 8.99. The summed E-state index contributed by atoms with van der Waals surface area (Å²) in [6.45, 7) is 2.15. The van der Waals surface area contributed by atoms with E-state index in [-0.39, 0.29) is 12.0 Å². The van der Waals surface area contributed by atoms with Crippen molar-refractivity contribution in [3.05, 3.63) is 18.0 Å². The molecule has 2 rings (SSSR count). The number of alkyl halides is 3. The van der Waals surface area contributed by atoms with Crippen LogP contribution in [0, 0.1) is 5.92 Å². The molecule has 1 aromatic heterocycles. The van der Waals surface area contributed by atoms with Crippen LogP contribution in [0.25, 0.3) is 0 Å². The Morgan fingerprint density at radius 2 is 2.16 bits per heavy atom. The van der Waals surface area contributed by atoms with Crippen molar-refractivity contribution in [2.45, 2.75) is 51.2 Å². The summed E-state index contributed by atoms with van der Waals surface area (Å²) in [5, 5.41) is 3.04. The molecule has 2 atom stereocenters. The van der Waals surface area contributed by atoms with Gasteiger partial charge in [0.1, 0.15) is 5.69 Å². The summed E-state index contributed by atoms with van der Waals surface area (Å²) >= 11 is 0. The molecule has 1 saturated carbocycles. The molecule has 0 amide bonds. The third kappa shape index (κ3) is 3.81. The van der Waals surface area contributed by atoms with Gasteiger partial charge in [-0.25, -0.2) is 9.97 Å². The fourth-order valence-corrected chi connectivity index (χ4v) is 2.56. The molecule has 0 aromatic carbocycles. The second-order valence-electron chi connectivity index (χ2n) is 5.05. The minimum Gasteiger partial charge on any atom is -0.351 e. The highest BCUT2D eigenvalue weighted by Gasteiger charge is 2.33. The molecule has 1 N–H and O–H groups in total. The number of anilines is 1. The van der Waals surface area contributed by atoms with Crippen LogP contribution in [-0.2, 0) is 6.18 Å². The zero-order valence-corrected chi connectivity index (χ0v) is 10.9. The first-order valence-corrected chi connectivity index (χ1v) is 6.65. The van der Waals surface area contributed by atoms with Gasteiger partial charge in [0.2, 0.25) is 5.95 Å². The molecule has 106 valence electrons. The van der Waals surface area contributed by atoms with E-state index in [9.17, 15) is 13.2 Å². The van der Waals surface area contributed by atoms with Gasteiger partial charge in [-0.15, -0.1) is 0 Å². The Kier molecular flexibility index (Phi) is 4.27. The Balaban J connectivity index is 2.03. The highest BCUT2D eigenvalue weighted by molar-refractivity contribution is 5.27. The number of hydrogen-bond donors (Lipinski definition) is 1. The monoisotopic (exact) mass is 273 g/mol. The summed E-state index contributed by atoms with van der Waals surface area (Å²) in [6, 6.07) is 1.07. The standard InChI is InChI=1S/C13H18F3N3/c1-2-9-4-3-5-10(8-9)18-12-17-7-6-11(19-12)13(14,15)16/h6-7,9-10H,2-5,8H2,1H3,(H,17,18,19). The van der Waals surface area contributed by atoms with Crippen molar-refractivity contribution < 1.29 is 13.2 Å². The zero-order chi connectivity index (χ0) is 13.9. The van der Waals surface area contributed by atoms with Crippen molar-refractivity contribution in [1.29, 1.82) is 0 Å². The minimum absolute atomic E-state index is 0.0802. The van der Waals surface area contributed by atoms with Crippen LogP contribution < -0.4 is 5.32 Å². The first kappa shape index (κ1) is 14.1. The molecule has 19 heavy (non-hydrogen) atoms. The molecule has 1 heterocycles. The lowest BCUT2D eigenvalue weighted by Gasteiger charge is -2.29. The Hall–Kier alpha value is -1.33. The van der Waals surface area contributed by atoms with Crippen LogP contribution in [-0.4, -0.2) is 16.0 Å². The lowest BCUT2D eigenvalue weighted by atomic mass is 9.84. The van der Waals surface area contributed by atoms with Crippen LogP contribution in [0.2, 0.25) is 0 Å². The molecule has 2 unspecified atom stereocenters. The van der Waals surface area contributed by atoms with E-state index in [1.165, 1.54) is 6.42 Å². The highest BCUT2D eigenvalue weighted by atomic mass is 19.4. The Morgan fingerprint density at radius 3 is 2.84 bits per heavy atom. The SMILES string of the molecule is CCC1CCCC(Nc2nccc(C(F)(F)F)n2)C1. The van der Waals surface area contributed by atoms with Gasteiger partial charge in [-0.05, 0) is 24.8 Å². The van der Waals surface area contributed by atoms with E-state index >= 15 is 0 Å². The molecule has 0 bridgehead atoms. The van der Waals surface area contributed by atoms with E-state index in [0.717, 1.165) is 37.9 Å². The average Bonchev–Trinajstić information content (AvgIpc) is 2.38. The molecule has 0 radical (unpaired) electrons. The van der Waals surface area contributed by atoms with Crippen molar-refractivity contribution in [3.8, 4) is 0 Å². The predicted octanol–water partition coefficient (Wildman–Crippen LogP) is 3.88. The predicted molar refractivity (Wildman–Crippen MR) is 66.7 cm³/mol. The van der Waals surface area contributed by atoms with Crippen LogP contribution in [0.5, 0.6) is 0 Å². The van der Waals surface area contributed by atoms with E-state index in [0.29, 0.717) is 5.92 Å². The van der Waals surface area contributed by atoms with Gasteiger partial charge < -0.3 is 5.32 Å². The van der Waals surface area contributed by atoms with E-state index in [4.69, 9.17) is 0 Å². The van der Waals surface area contributed by atoms with Gasteiger partial charge in [0, 0.05) is 12.2 Å². The number of nitrogens with zero attached hydrogens (tertiary/aromatic N) is 2. The van der Waals surface area contributed by atoms with Gasteiger partial charge in [-0.1, -0.05) is 26.2 Å². The molecule has 0 saturated heterocycles. The van der Waals surface area contributed by atoms with Crippen LogP contribution in [0.4, 0.5) is 19.1 Å². The van der Waals surface area contributed by atoms with Crippen LogP contribution in [0.3, 0.4) is 0 Å². The Labute approximate surface area is 110 Å². The average molecular weight is 273 g/mol. The molecular weight excluding hydrogens is 255 g/mol. The molecule has 1 aromatic rings. The molecule has 1 aliphatic carbocycles. The maximum atomic E-state index is 12.5. The number of hydrogen-bond acceptors (Lipinski definition) is 3. The lowest BCUT2D eigenvalue weighted by Crippen LogP contribution is -2.28. The van der Waals surface area contributed by atoms with Crippen LogP contribution >= 0.6 is 0 Å². The largest absolute Gasteiger partial charge is 0.433 e. The highest BCUT2D eigenvalue weighted by Crippen LogP contribution is 2.30. The summed E-state index contributed by atoms with van der Waals surface area (Å²) in [7, 11) is 0. The molecule has 0 aliphatic heterocycles. The molecule has 1 fully saturated rings. The third-order valence-electron chi connectivity index (χ3n) is 3.64.